The number of aromatic nitrogens is 2. The monoisotopic (exact) mass is 195 g/mol. The van der Waals surface area contributed by atoms with E-state index in [1.165, 1.54) is 0 Å². The van der Waals surface area contributed by atoms with Gasteiger partial charge in [0.05, 0.1) is 6.54 Å². The maximum atomic E-state index is 11.3. The highest BCUT2D eigenvalue weighted by Gasteiger charge is 2.04. The molecule has 0 saturated carbocycles. The maximum Gasteiger partial charge on any atom is 0.147 e. The van der Waals surface area contributed by atoms with E-state index in [0.717, 1.165) is 18.8 Å². The smallest absolute Gasteiger partial charge is 0.147 e. The van der Waals surface area contributed by atoms with Crippen LogP contribution in [0.4, 0.5) is 0 Å². The number of hydrogen-bond acceptors (Lipinski definition) is 3. The van der Waals surface area contributed by atoms with Gasteiger partial charge in [-0.3, -0.25) is 4.79 Å². The average Bonchev–Trinajstić information content (AvgIpc) is 2.58. The van der Waals surface area contributed by atoms with Crippen LogP contribution in [0.15, 0.2) is 12.4 Å². The third-order valence-corrected chi connectivity index (χ3v) is 2.12. The lowest BCUT2D eigenvalue weighted by Crippen LogP contribution is -2.22. The van der Waals surface area contributed by atoms with Gasteiger partial charge < -0.3 is 9.88 Å². The Labute approximate surface area is 84.3 Å². The van der Waals surface area contributed by atoms with Crippen molar-refractivity contribution < 1.29 is 4.79 Å². The Morgan fingerprint density at radius 2 is 2.43 bits per heavy atom. The Kier molecular flexibility index (Phi) is 4.32. The minimum absolute atomic E-state index is 0.245. The number of Topliss-reactive ketones (excluding diaryl/α,β-unsaturated/α-hetero) is 1. The van der Waals surface area contributed by atoms with Crippen molar-refractivity contribution >= 4 is 5.78 Å². The van der Waals surface area contributed by atoms with Crippen molar-refractivity contribution in [2.24, 2.45) is 7.05 Å². The summed E-state index contributed by atoms with van der Waals surface area (Å²) < 4.78 is 1.94. The lowest BCUT2D eigenvalue weighted by molar-refractivity contribution is -0.118. The number of aryl methyl sites for hydroxylation is 2. The lowest BCUT2D eigenvalue weighted by atomic mass is 10.2. The third-order valence-electron chi connectivity index (χ3n) is 2.12. The van der Waals surface area contributed by atoms with Crippen molar-refractivity contribution in [2.45, 2.75) is 19.8 Å². The van der Waals surface area contributed by atoms with Gasteiger partial charge in [-0.05, 0) is 6.54 Å². The molecule has 4 nitrogen and oxygen atoms in total. The van der Waals surface area contributed by atoms with Crippen LogP contribution in [-0.4, -0.2) is 28.4 Å². The number of likely N-dealkylation sites (N-methyl/N-ethyl adjacent to an activating group) is 1. The molecule has 0 atom stereocenters. The van der Waals surface area contributed by atoms with Crippen LogP contribution in [0.2, 0.25) is 0 Å². The van der Waals surface area contributed by atoms with E-state index in [2.05, 4.69) is 10.3 Å². The zero-order valence-corrected chi connectivity index (χ0v) is 8.79. The highest BCUT2D eigenvalue weighted by molar-refractivity contribution is 5.80. The van der Waals surface area contributed by atoms with E-state index in [4.69, 9.17) is 0 Å². The van der Waals surface area contributed by atoms with Crippen LogP contribution in [0.25, 0.3) is 0 Å². The van der Waals surface area contributed by atoms with Gasteiger partial charge in [-0.15, -0.1) is 0 Å². The molecule has 0 amide bonds. The van der Waals surface area contributed by atoms with Gasteiger partial charge in [0.1, 0.15) is 11.6 Å². The van der Waals surface area contributed by atoms with E-state index in [1.54, 1.807) is 6.20 Å². The summed E-state index contributed by atoms with van der Waals surface area (Å²) in [7, 11) is 1.94. The molecule has 1 N–H and O–H groups in total. The van der Waals surface area contributed by atoms with E-state index < -0.39 is 0 Å². The van der Waals surface area contributed by atoms with Crippen LogP contribution in [0, 0.1) is 0 Å². The molecule has 0 saturated heterocycles. The number of rotatable bonds is 6. The van der Waals surface area contributed by atoms with Crippen LogP contribution in [0.1, 0.15) is 19.2 Å². The minimum atomic E-state index is 0.245. The number of carbonyl (C=O) groups is 1. The fraction of sp³-hybridized carbons (Fsp3) is 0.600. The molecular weight excluding hydrogens is 178 g/mol. The fourth-order valence-corrected chi connectivity index (χ4v) is 1.24. The van der Waals surface area contributed by atoms with Gasteiger partial charge in [0.15, 0.2) is 0 Å². The maximum absolute atomic E-state index is 11.3. The summed E-state index contributed by atoms with van der Waals surface area (Å²) in [4.78, 5) is 15.5. The van der Waals surface area contributed by atoms with E-state index in [-0.39, 0.29) is 5.78 Å². The van der Waals surface area contributed by atoms with Crippen molar-refractivity contribution in [3.63, 3.8) is 0 Å². The molecule has 0 bridgehead atoms. The average molecular weight is 195 g/mol. The summed E-state index contributed by atoms with van der Waals surface area (Å²) in [6, 6.07) is 0. The number of nitrogens with zero attached hydrogens (tertiary/aromatic N) is 2. The molecule has 0 aliphatic rings. The number of hydrogen-bond donors (Lipinski definition) is 1. The Morgan fingerprint density at radius 3 is 3.00 bits per heavy atom. The van der Waals surface area contributed by atoms with E-state index >= 15 is 0 Å². The number of carbonyl (C=O) groups excluding carboxylic acids is 1. The van der Waals surface area contributed by atoms with Crippen LogP contribution in [-0.2, 0) is 18.3 Å². The SMILES string of the molecule is CCNCC(=O)CCc1nccn1C. The highest BCUT2D eigenvalue weighted by atomic mass is 16.1. The van der Waals surface area contributed by atoms with E-state index in [1.807, 2.05) is 24.7 Å². The van der Waals surface area contributed by atoms with Gasteiger partial charge in [0.25, 0.3) is 0 Å². The summed E-state index contributed by atoms with van der Waals surface area (Å²) >= 11 is 0. The van der Waals surface area contributed by atoms with Crippen LogP contribution in [0.5, 0.6) is 0 Å². The topological polar surface area (TPSA) is 46.9 Å². The van der Waals surface area contributed by atoms with Crippen LogP contribution < -0.4 is 5.32 Å². The molecule has 14 heavy (non-hydrogen) atoms. The molecule has 0 aliphatic carbocycles. The van der Waals surface area contributed by atoms with Crippen molar-refractivity contribution in [3.8, 4) is 0 Å². The first-order chi connectivity index (χ1) is 6.74. The third kappa shape index (κ3) is 3.30. The van der Waals surface area contributed by atoms with Gasteiger partial charge >= 0.3 is 0 Å². The Bertz CT molecular complexity index is 293. The zero-order chi connectivity index (χ0) is 10.4. The van der Waals surface area contributed by atoms with Crippen LogP contribution >= 0.6 is 0 Å². The molecule has 0 aromatic carbocycles. The lowest BCUT2D eigenvalue weighted by Gasteiger charge is -2.02. The molecule has 1 rings (SSSR count). The van der Waals surface area contributed by atoms with Crippen molar-refractivity contribution in [2.75, 3.05) is 13.1 Å². The fourth-order valence-electron chi connectivity index (χ4n) is 1.24. The second kappa shape index (κ2) is 5.54. The second-order valence-corrected chi connectivity index (χ2v) is 3.27. The number of nitrogens with one attached hydrogen (secondary N) is 1. The van der Waals surface area contributed by atoms with Crippen molar-refractivity contribution in [3.05, 3.63) is 18.2 Å². The first-order valence-corrected chi connectivity index (χ1v) is 4.92. The Balaban J connectivity index is 2.27. The molecule has 1 heterocycles. The summed E-state index contributed by atoms with van der Waals surface area (Å²) in [5.41, 5.74) is 0. The normalized spacial score (nSPS) is 10.4. The number of ketones is 1. The summed E-state index contributed by atoms with van der Waals surface area (Å²) in [6.07, 6.45) is 4.94. The molecule has 1 aromatic rings. The predicted octanol–water partition coefficient (Wildman–Crippen LogP) is 0.531. The van der Waals surface area contributed by atoms with Gasteiger partial charge in [-0.25, -0.2) is 4.98 Å². The molecule has 4 heteroatoms. The first kappa shape index (κ1) is 10.9. The Morgan fingerprint density at radius 1 is 1.64 bits per heavy atom. The van der Waals surface area contributed by atoms with E-state index in [0.29, 0.717) is 13.0 Å². The highest BCUT2D eigenvalue weighted by Crippen LogP contribution is 1.99. The largest absolute Gasteiger partial charge is 0.338 e. The van der Waals surface area contributed by atoms with Gasteiger partial charge in [0.2, 0.25) is 0 Å². The summed E-state index contributed by atoms with van der Waals surface area (Å²) in [5, 5.41) is 3.02. The predicted molar refractivity (Wildman–Crippen MR) is 55.1 cm³/mol. The summed E-state index contributed by atoms with van der Waals surface area (Å²) in [5.74, 6) is 1.21. The molecule has 0 radical (unpaired) electrons. The molecule has 78 valence electrons. The zero-order valence-electron chi connectivity index (χ0n) is 8.79. The van der Waals surface area contributed by atoms with Crippen molar-refractivity contribution in [1.82, 2.24) is 14.9 Å². The molecule has 1 aromatic heterocycles. The van der Waals surface area contributed by atoms with Gasteiger partial charge in [-0.2, -0.15) is 0 Å². The Hall–Kier alpha value is -1.16. The molecule has 0 aliphatic heterocycles. The summed E-state index contributed by atoms with van der Waals surface area (Å²) in [6.45, 7) is 3.31. The first-order valence-electron chi connectivity index (χ1n) is 4.92. The van der Waals surface area contributed by atoms with E-state index in [9.17, 15) is 4.79 Å². The van der Waals surface area contributed by atoms with Gasteiger partial charge in [0, 0.05) is 32.3 Å². The minimum Gasteiger partial charge on any atom is -0.338 e. The molecule has 0 fully saturated rings. The van der Waals surface area contributed by atoms with Crippen molar-refractivity contribution in [1.29, 1.82) is 0 Å². The second-order valence-electron chi connectivity index (χ2n) is 3.27. The van der Waals surface area contributed by atoms with Gasteiger partial charge in [-0.1, -0.05) is 6.92 Å². The molecule has 0 spiro atoms. The standard InChI is InChI=1S/C10H17N3O/c1-3-11-8-9(14)4-5-10-12-6-7-13(10)2/h6-7,11H,3-5,8H2,1-2H3. The molecule has 0 unspecified atom stereocenters. The number of imidazole rings is 1. The quantitative estimate of drug-likeness (QED) is 0.720. The van der Waals surface area contributed by atoms with Crippen LogP contribution in [0.3, 0.4) is 0 Å². The molecular formula is C10H17N3O.